The Morgan fingerprint density at radius 2 is 1.88 bits per heavy atom. The second kappa shape index (κ2) is 12.2. The highest BCUT2D eigenvalue weighted by molar-refractivity contribution is 5.96. The van der Waals surface area contributed by atoms with Gasteiger partial charge in [-0.1, -0.05) is 24.3 Å². The van der Waals surface area contributed by atoms with Gasteiger partial charge in [-0.25, -0.2) is 4.79 Å². The summed E-state index contributed by atoms with van der Waals surface area (Å²) in [7, 11) is 0. The van der Waals surface area contributed by atoms with Crippen molar-refractivity contribution >= 4 is 23.9 Å². The molecular formula is C22H29N4O6+. The summed E-state index contributed by atoms with van der Waals surface area (Å²) in [6, 6.07) is 1.95. The van der Waals surface area contributed by atoms with E-state index in [-0.39, 0.29) is 19.3 Å². The molecule has 1 aromatic heterocycles. The molecule has 0 bridgehead atoms. The fourth-order valence-electron chi connectivity index (χ4n) is 3.01. The maximum absolute atomic E-state index is 12.1. The Bertz CT molecular complexity index is 881. The van der Waals surface area contributed by atoms with Crippen LogP contribution in [0.3, 0.4) is 0 Å². The number of nitrogens with one attached hydrogen (secondary N) is 3. The number of aliphatic carboxylic acids is 1. The van der Waals surface area contributed by atoms with Crippen molar-refractivity contribution in [1.82, 2.24) is 16.0 Å². The van der Waals surface area contributed by atoms with Crippen molar-refractivity contribution < 1.29 is 33.6 Å². The molecule has 1 aliphatic carbocycles. The summed E-state index contributed by atoms with van der Waals surface area (Å²) in [6.07, 6.45) is 12.6. The number of ether oxygens (including phenoxy) is 1. The maximum atomic E-state index is 12.1. The Hall–Kier alpha value is -3.69. The van der Waals surface area contributed by atoms with Crippen LogP contribution in [0.4, 0.5) is 4.79 Å². The summed E-state index contributed by atoms with van der Waals surface area (Å²) in [5.74, 6) is -1.87. The average molecular weight is 445 g/mol. The number of pyridine rings is 1. The van der Waals surface area contributed by atoms with Gasteiger partial charge in [-0.3, -0.25) is 14.4 Å². The number of hydrogen-bond donors (Lipinski definition) is 4. The number of rotatable bonds is 10. The molecule has 0 saturated heterocycles. The van der Waals surface area contributed by atoms with Crippen molar-refractivity contribution in [3.63, 3.8) is 0 Å². The van der Waals surface area contributed by atoms with Crippen LogP contribution in [0.1, 0.15) is 37.0 Å². The van der Waals surface area contributed by atoms with Crippen LogP contribution in [0.5, 0.6) is 0 Å². The number of carboxylic acids is 1. The lowest BCUT2D eigenvalue weighted by molar-refractivity contribution is -0.727. The molecule has 2 rings (SSSR count). The predicted octanol–water partition coefficient (Wildman–Crippen LogP) is 0.888. The molecule has 32 heavy (non-hydrogen) atoms. The van der Waals surface area contributed by atoms with Crippen molar-refractivity contribution in [1.29, 1.82) is 0 Å². The molecule has 0 fully saturated rings. The topological polar surface area (TPSA) is 138 Å². The van der Waals surface area contributed by atoms with E-state index in [1.807, 2.05) is 19.1 Å². The first kappa shape index (κ1) is 24.6. The van der Waals surface area contributed by atoms with Crippen LogP contribution in [0.2, 0.25) is 0 Å². The fraction of sp³-hybridized carbons (Fsp3) is 0.409. The Balaban J connectivity index is 1.71. The molecule has 10 heteroatoms. The van der Waals surface area contributed by atoms with Gasteiger partial charge in [0.25, 0.3) is 12.6 Å². The third kappa shape index (κ3) is 8.58. The van der Waals surface area contributed by atoms with E-state index >= 15 is 0 Å². The van der Waals surface area contributed by atoms with Gasteiger partial charge in [0.05, 0.1) is 12.1 Å². The molecular weight excluding hydrogens is 416 g/mol. The highest BCUT2D eigenvalue weighted by Gasteiger charge is 2.17. The zero-order valence-corrected chi connectivity index (χ0v) is 18.1. The number of allylic oxidation sites excluding steroid dienone is 4. The van der Waals surface area contributed by atoms with Crippen molar-refractivity contribution in [3.8, 4) is 0 Å². The molecule has 0 radical (unpaired) electrons. The Morgan fingerprint density at radius 1 is 1.16 bits per heavy atom. The Labute approximate surface area is 186 Å². The number of aromatic nitrogens is 1. The Kier molecular flexibility index (Phi) is 9.40. The summed E-state index contributed by atoms with van der Waals surface area (Å²) >= 11 is 0. The van der Waals surface area contributed by atoms with E-state index in [4.69, 9.17) is 9.84 Å². The summed E-state index contributed by atoms with van der Waals surface area (Å²) in [4.78, 5) is 46.4. The first-order chi connectivity index (χ1) is 15.2. The van der Waals surface area contributed by atoms with Crippen LogP contribution in [0.15, 0.2) is 48.8 Å². The molecule has 10 nitrogen and oxygen atoms in total. The van der Waals surface area contributed by atoms with Gasteiger partial charge in [0.1, 0.15) is 6.04 Å². The van der Waals surface area contributed by atoms with E-state index in [0.29, 0.717) is 11.5 Å². The van der Waals surface area contributed by atoms with Gasteiger partial charge in [-0.2, -0.15) is 4.57 Å². The molecule has 1 unspecified atom stereocenters. The number of carbonyl (C=O) groups excluding carboxylic acids is 3. The summed E-state index contributed by atoms with van der Waals surface area (Å²) in [5, 5.41) is 16.2. The number of carboxylic acid groups (broad SMARTS) is 1. The van der Waals surface area contributed by atoms with E-state index in [9.17, 15) is 19.2 Å². The molecule has 1 aromatic rings. The zero-order chi connectivity index (χ0) is 23.5. The molecule has 3 atom stereocenters. The molecule has 1 heterocycles. The van der Waals surface area contributed by atoms with E-state index in [2.05, 4.69) is 28.1 Å². The average Bonchev–Trinajstić information content (AvgIpc) is 2.77. The molecule has 0 aliphatic heterocycles. The number of nitrogens with zero attached hydrogens (tertiary/aromatic N) is 1. The standard InChI is InChI=1S/C22H28N4O6/c1-15(12-17-6-4-3-5-7-17)24-22(31)32-14-26-10-8-18(9-11-26)20(28)23-13-19(27)25-16(2)21(29)30/h3-6,8-11,15-17H,7,12-14H2,1-2H3,(H3-,23,24,25,27,28,29,30,31)/p+1/t15-,16-,17?/m0/s1. The predicted molar refractivity (Wildman–Crippen MR) is 114 cm³/mol. The zero-order valence-electron chi connectivity index (χ0n) is 18.1. The highest BCUT2D eigenvalue weighted by Crippen LogP contribution is 2.17. The monoisotopic (exact) mass is 445 g/mol. The van der Waals surface area contributed by atoms with Crippen LogP contribution in [0, 0.1) is 5.92 Å². The van der Waals surface area contributed by atoms with Gasteiger partial charge in [0, 0.05) is 18.2 Å². The largest absolute Gasteiger partial charge is 0.480 e. The summed E-state index contributed by atoms with van der Waals surface area (Å²) in [6.45, 7) is 2.88. The Morgan fingerprint density at radius 3 is 2.50 bits per heavy atom. The highest BCUT2D eigenvalue weighted by atomic mass is 16.6. The summed E-state index contributed by atoms with van der Waals surface area (Å²) in [5.41, 5.74) is 0.299. The second-order valence-electron chi connectivity index (χ2n) is 7.56. The van der Waals surface area contributed by atoms with Crippen LogP contribution in [-0.2, 0) is 21.1 Å². The molecule has 172 valence electrons. The van der Waals surface area contributed by atoms with Crippen molar-refractivity contribution in [2.75, 3.05) is 6.54 Å². The quantitative estimate of drug-likeness (QED) is 0.395. The van der Waals surface area contributed by atoms with Crippen molar-refractivity contribution in [2.45, 2.75) is 45.5 Å². The molecule has 1 aliphatic rings. The maximum Gasteiger partial charge on any atom is 0.412 e. The first-order valence-corrected chi connectivity index (χ1v) is 10.3. The third-order valence-electron chi connectivity index (χ3n) is 4.75. The van der Waals surface area contributed by atoms with Gasteiger partial charge < -0.3 is 25.8 Å². The fourth-order valence-corrected chi connectivity index (χ4v) is 3.01. The van der Waals surface area contributed by atoms with E-state index < -0.39 is 29.9 Å². The van der Waals surface area contributed by atoms with E-state index in [1.165, 1.54) is 19.1 Å². The van der Waals surface area contributed by atoms with Gasteiger partial charge in [0.2, 0.25) is 5.91 Å². The van der Waals surface area contributed by atoms with Crippen molar-refractivity contribution in [2.24, 2.45) is 5.92 Å². The number of carbonyl (C=O) groups is 4. The summed E-state index contributed by atoms with van der Waals surface area (Å²) < 4.78 is 6.78. The molecule has 0 spiro atoms. The minimum Gasteiger partial charge on any atom is -0.480 e. The van der Waals surface area contributed by atoms with E-state index in [0.717, 1.165) is 12.8 Å². The second-order valence-corrected chi connectivity index (χ2v) is 7.56. The number of alkyl carbamates (subject to hydrolysis) is 1. The van der Waals surface area contributed by atoms with Crippen LogP contribution in [0.25, 0.3) is 0 Å². The normalized spacial score (nSPS) is 16.5. The molecule has 0 aromatic carbocycles. The minimum atomic E-state index is -1.17. The van der Waals surface area contributed by atoms with Crippen LogP contribution < -0.4 is 20.5 Å². The molecule has 4 N–H and O–H groups in total. The number of amides is 3. The first-order valence-electron chi connectivity index (χ1n) is 10.3. The lowest BCUT2D eigenvalue weighted by atomic mass is 9.94. The van der Waals surface area contributed by atoms with Crippen LogP contribution in [-0.4, -0.2) is 47.6 Å². The van der Waals surface area contributed by atoms with Gasteiger partial charge in [0.15, 0.2) is 12.4 Å². The smallest absolute Gasteiger partial charge is 0.412 e. The SMILES string of the molecule is C[C@H](NC(=O)CNC(=O)c1cc[n+](COC(=O)N[C@@H](C)CC2C=CC=CC2)cc1)C(=O)O. The molecule has 3 amide bonds. The van der Waals surface area contributed by atoms with Gasteiger partial charge >= 0.3 is 12.1 Å². The lowest BCUT2D eigenvalue weighted by Gasteiger charge is -2.19. The lowest BCUT2D eigenvalue weighted by Crippen LogP contribution is -2.44. The third-order valence-corrected chi connectivity index (χ3v) is 4.75. The van der Waals surface area contributed by atoms with E-state index in [1.54, 1.807) is 17.0 Å². The van der Waals surface area contributed by atoms with Crippen molar-refractivity contribution in [3.05, 3.63) is 54.4 Å². The minimum absolute atomic E-state index is 0.0258. The number of hydrogen-bond acceptors (Lipinski definition) is 5. The van der Waals surface area contributed by atoms with Gasteiger partial charge in [-0.05, 0) is 32.6 Å². The van der Waals surface area contributed by atoms with Crippen LogP contribution >= 0.6 is 0 Å². The molecule has 0 saturated carbocycles. The van der Waals surface area contributed by atoms with Gasteiger partial charge in [-0.15, -0.1) is 0 Å².